The first-order chi connectivity index (χ1) is 17.3. The molecule has 2 atom stereocenters. The van der Waals surface area contributed by atoms with Crippen LogP contribution in [0.25, 0.3) is 11.2 Å². The van der Waals surface area contributed by atoms with Gasteiger partial charge in [0.05, 0.1) is 23.0 Å². The van der Waals surface area contributed by atoms with Crippen LogP contribution in [0.3, 0.4) is 0 Å². The molecule has 5 N–H and O–H groups in total. The zero-order valence-corrected chi connectivity index (χ0v) is 20.3. The smallest absolute Gasteiger partial charge is 0.224 e. The Hall–Kier alpha value is -3.05. The van der Waals surface area contributed by atoms with Gasteiger partial charge in [0.2, 0.25) is 17.8 Å². The minimum Gasteiger partial charge on any atom is -0.393 e. The van der Waals surface area contributed by atoms with Crippen molar-refractivity contribution in [2.75, 3.05) is 10.6 Å². The monoisotopic (exact) mass is 519 g/mol. The van der Waals surface area contributed by atoms with Gasteiger partial charge in [-0.15, -0.1) is 0 Å². The number of imidazole rings is 1. The molecular weight excluding hydrogens is 492 g/mol. The lowest BCUT2D eigenvalue weighted by Gasteiger charge is -2.29. The minimum absolute atomic E-state index is 0.0531. The number of nitrogens with zero attached hydrogens (tertiary/aromatic N) is 4. The van der Waals surface area contributed by atoms with Gasteiger partial charge in [0.15, 0.2) is 17.3 Å². The van der Waals surface area contributed by atoms with Crippen LogP contribution in [0.4, 0.5) is 26.4 Å². The van der Waals surface area contributed by atoms with E-state index in [4.69, 9.17) is 22.3 Å². The SMILES string of the molecule is NC(=O)[C@H]1CC[C@@H](n2c(Nc3ccc(Cl)c(F)c3F)nc3cnc(N[C@H]4CCC[C@@H](O)C4)nc32)CC1. The van der Waals surface area contributed by atoms with Crippen LogP contribution in [0.2, 0.25) is 5.02 Å². The third-order valence-electron chi connectivity index (χ3n) is 7.16. The Morgan fingerprint density at radius 3 is 2.61 bits per heavy atom. The molecule has 1 aromatic carbocycles. The molecule has 5 rings (SSSR count). The van der Waals surface area contributed by atoms with E-state index in [0.717, 1.165) is 19.3 Å². The summed E-state index contributed by atoms with van der Waals surface area (Å²) >= 11 is 5.71. The van der Waals surface area contributed by atoms with Crippen LogP contribution < -0.4 is 16.4 Å². The Labute approximate surface area is 211 Å². The number of nitrogens with one attached hydrogen (secondary N) is 2. The highest BCUT2D eigenvalue weighted by Gasteiger charge is 2.30. The molecule has 2 aliphatic rings. The Bertz CT molecular complexity index is 1280. The van der Waals surface area contributed by atoms with Crippen molar-refractivity contribution in [3.05, 3.63) is 35.0 Å². The number of hydrogen-bond donors (Lipinski definition) is 4. The van der Waals surface area contributed by atoms with E-state index in [1.165, 1.54) is 12.1 Å². The first-order valence-corrected chi connectivity index (χ1v) is 12.6. The Kier molecular flexibility index (Phi) is 6.94. The third kappa shape index (κ3) is 4.94. The van der Waals surface area contributed by atoms with Gasteiger partial charge in [0.25, 0.3) is 0 Å². The summed E-state index contributed by atoms with van der Waals surface area (Å²) in [5.41, 5.74) is 6.42. The fraction of sp³-hybridized carbons (Fsp3) is 0.500. The zero-order chi connectivity index (χ0) is 25.4. The highest BCUT2D eigenvalue weighted by molar-refractivity contribution is 6.30. The highest BCUT2D eigenvalue weighted by Crippen LogP contribution is 2.37. The number of carbonyl (C=O) groups excluding carboxylic acids is 1. The lowest BCUT2D eigenvalue weighted by molar-refractivity contribution is -0.122. The number of aliphatic hydroxyl groups is 1. The fourth-order valence-corrected chi connectivity index (χ4v) is 5.38. The first-order valence-electron chi connectivity index (χ1n) is 12.2. The molecule has 0 saturated heterocycles. The van der Waals surface area contributed by atoms with E-state index in [-0.39, 0.29) is 46.7 Å². The van der Waals surface area contributed by atoms with Crippen LogP contribution >= 0.6 is 11.6 Å². The number of anilines is 3. The normalized spacial score (nSPS) is 24.6. The van der Waals surface area contributed by atoms with Crippen molar-refractivity contribution >= 4 is 46.3 Å². The predicted octanol–water partition coefficient (Wildman–Crippen LogP) is 4.43. The van der Waals surface area contributed by atoms with Gasteiger partial charge in [-0.25, -0.2) is 18.7 Å². The van der Waals surface area contributed by atoms with Gasteiger partial charge in [0.1, 0.15) is 5.52 Å². The van der Waals surface area contributed by atoms with Crippen molar-refractivity contribution in [1.29, 1.82) is 0 Å². The number of fused-ring (bicyclic) bond motifs is 1. The quantitative estimate of drug-likeness (QED) is 0.354. The van der Waals surface area contributed by atoms with E-state index in [1.54, 1.807) is 6.20 Å². The predicted molar refractivity (Wildman–Crippen MR) is 132 cm³/mol. The van der Waals surface area contributed by atoms with Crippen LogP contribution in [-0.4, -0.2) is 42.7 Å². The summed E-state index contributed by atoms with van der Waals surface area (Å²) in [7, 11) is 0. The highest BCUT2D eigenvalue weighted by atomic mass is 35.5. The number of nitrogens with two attached hydrogens (primary N) is 1. The average molecular weight is 520 g/mol. The number of primary amides is 1. The molecule has 0 spiro atoms. The van der Waals surface area contributed by atoms with Crippen LogP contribution in [0, 0.1) is 17.6 Å². The van der Waals surface area contributed by atoms with Crippen LogP contribution in [0.15, 0.2) is 18.3 Å². The molecule has 2 aromatic heterocycles. The van der Waals surface area contributed by atoms with Gasteiger partial charge < -0.3 is 21.5 Å². The van der Waals surface area contributed by atoms with Crippen molar-refractivity contribution in [2.45, 2.75) is 69.6 Å². The van der Waals surface area contributed by atoms with E-state index in [1.807, 2.05) is 4.57 Å². The average Bonchev–Trinajstić information content (AvgIpc) is 3.21. The molecule has 0 unspecified atom stereocenters. The van der Waals surface area contributed by atoms with Crippen molar-refractivity contribution in [2.24, 2.45) is 11.7 Å². The number of aliphatic hydroxyl groups excluding tert-OH is 1. The largest absolute Gasteiger partial charge is 0.393 e. The van der Waals surface area contributed by atoms with Gasteiger partial charge in [-0.05, 0) is 63.5 Å². The number of aromatic nitrogens is 4. The number of hydrogen-bond acceptors (Lipinski definition) is 7. The second kappa shape index (κ2) is 10.1. The number of halogens is 3. The molecule has 0 bridgehead atoms. The summed E-state index contributed by atoms with van der Waals surface area (Å²) in [5, 5.41) is 15.9. The van der Waals surface area contributed by atoms with Crippen LogP contribution in [0.1, 0.15) is 57.4 Å². The molecule has 2 heterocycles. The fourth-order valence-electron chi connectivity index (χ4n) is 5.23. The maximum Gasteiger partial charge on any atom is 0.224 e. The van der Waals surface area contributed by atoms with Crippen LogP contribution in [0.5, 0.6) is 0 Å². The van der Waals surface area contributed by atoms with Crippen molar-refractivity contribution in [3.63, 3.8) is 0 Å². The second-order valence-electron chi connectivity index (χ2n) is 9.63. The molecule has 0 radical (unpaired) electrons. The molecule has 9 nitrogen and oxygen atoms in total. The van der Waals surface area contributed by atoms with Crippen molar-refractivity contribution in [3.8, 4) is 0 Å². The summed E-state index contributed by atoms with van der Waals surface area (Å²) in [6, 6.07) is 2.58. The molecule has 36 heavy (non-hydrogen) atoms. The number of carbonyl (C=O) groups is 1. The number of benzene rings is 1. The first kappa shape index (κ1) is 24.6. The summed E-state index contributed by atoms with van der Waals surface area (Å²) in [6.45, 7) is 0. The summed E-state index contributed by atoms with van der Waals surface area (Å²) < 4.78 is 30.6. The van der Waals surface area contributed by atoms with Gasteiger partial charge >= 0.3 is 0 Å². The van der Waals surface area contributed by atoms with E-state index in [0.29, 0.717) is 49.2 Å². The molecule has 0 aliphatic heterocycles. The molecular formula is C24H28ClF2N7O2. The molecule has 192 valence electrons. The molecule has 2 fully saturated rings. The minimum atomic E-state index is -1.15. The maximum atomic E-state index is 14.6. The Balaban J connectivity index is 1.51. The maximum absolute atomic E-state index is 14.6. The van der Waals surface area contributed by atoms with E-state index in [2.05, 4.69) is 20.6 Å². The molecule has 3 aromatic rings. The molecule has 2 aliphatic carbocycles. The summed E-state index contributed by atoms with van der Waals surface area (Å²) in [6.07, 6.45) is 6.97. The topological polar surface area (TPSA) is 131 Å². The lowest BCUT2D eigenvalue weighted by atomic mass is 9.85. The number of amides is 1. The lowest BCUT2D eigenvalue weighted by Crippen LogP contribution is -2.30. The third-order valence-corrected chi connectivity index (χ3v) is 7.45. The van der Waals surface area contributed by atoms with Gasteiger partial charge in [-0.3, -0.25) is 9.36 Å². The number of rotatable bonds is 6. The summed E-state index contributed by atoms with van der Waals surface area (Å²) in [5.74, 6) is -2.07. The standard InChI is InChI=1S/C24H28ClF2N7O2/c25-16-8-9-17(20(27)19(16)26)31-24-32-18-11-29-23(30-13-2-1-3-15(35)10-13)33-22(18)34(24)14-6-4-12(5-7-14)21(28)36/h8-9,11-15,35H,1-7,10H2,(H2,28,36)(H,31,32)(H,29,30,33)/t12-,13-,14+,15+/m0/s1. The second-order valence-corrected chi connectivity index (χ2v) is 10.0. The molecule has 1 amide bonds. The van der Waals surface area contributed by atoms with Gasteiger partial charge in [-0.1, -0.05) is 11.6 Å². The Morgan fingerprint density at radius 1 is 1.11 bits per heavy atom. The van der Waals surface area contributed by atoms with Gasteiger partial charge in [0, 0.05) is 18.0 Å². The van der Waals surface area contributed by atoms with Gasteiger partial charge in [-0.2, -0.15) is 4.98 Å². The van der Waals surface area contributed by atoms with E-state index >= 15 is 0 Å². The summed E-state index contributed by atoms with van der Waals surface area (Å²) in [4.78, 5) is 25.4. The molecule has 12 heteroatoms. The zero-order valence-electron chi connectivity index (χ0n) is 19.6. The molecule has 2 saturated carbocycles. The van der Waals surface area contributed by atoms with Crippen molar-refractivity contribution in [1.82, 2.24) is 19.5 Å². The van der Waals surface area contributed by atoms with Crippen LogP contribution in [-0.2, 0) is 4.79 Å². The Morgan fingerprint density at radius 2 is 1.89 bits per heavy atom. The van der Waals surface area contributed by atoms with E-state index in [9.17, 15) is 18.7 Å². The van der Waals surface area contributed by atoms with Crippen molar-refractivity contribution < 1.29 is 18.7 Å². The van der Waals surface area contributed by atoms with E-state index < -0.39 is 11.6 Å².